The molecule has 6 heteroatoms. The summed E-state index contributed by atoms with van der Waals surface area (Å²) in [6.45, 7) is 2.19. The summed E-state index contributed by atoms with van der Waals surface area (Å²) in [5, 5.41) is 19.5. The van der Waals surface area contributed by atoms with Crippen LogP contribution in [0.5, 0.6) is 0 Å². The first-order chi connectivity index (χ1) is 9.49. The Morgan fingerprint density at radius 2 is 2.15 bits per heavy atom. The number of furan rings is 1. The average Bonchev–Trinajstić information content (AvgIpc) is 2.84. The lowest BCUT2D eigenvalue weighted by atomic mass is 10.0. The number of nitrogens with zero attached hydrogens (tertiary/aromatic N) is 1. The molecule has 2 heterocycles. The lowest BCUT2D eigenvalue weighted by molar-refractivity contribution is -0.153. The van der Waals surface area contributed by atoms with Gasteiger partial charge in [0.05, 0.1) is 19.3 Å². The summed E-state index contributed by atoms with van der Waals surface area (Å²) in [6.07, 6.45) is -1.10. The SMILES string of the molecule is Cc1ccc(CCC(=O)N(C)[C@@H]2COC[C@@H](O)[C@H]2O)o1. The van der Waals surface area contributed by atoms with Crippen LogP contribution in [0, 0.1) is 6.92 Å². The molecule has 1 aromatic rings. The van der Waals surface area contributed by atoms with Gasteiger partial charge in [-0.15, -0.1) is 0 Å². The Morgan fingerprint density at radius 1 is 1.40 bits per heavy atom. The van der Waals surface area contributed by atoms with E-state index in [1.54, 1.807) is 7.05 Å². The number of aliphatic hydroxyl groups is 2. The van der Waals surface area contributed by atoms with Crippen molar-refractivity contribution in [3.8, 4) is 0 Å². The molecule has 6 nitrogen and oxygen atoms in total. The summed E-state index contributed by atoms with van der Waals surface area (Å²) in [5.74, 6) is 1.48. The lowest BCUT2D eigenvalue weighted by Gasteiger charge is -2.37. The van der Waals surface area contributed by atoms with Gasteiger partial charge in [0.1, 0.15) is 23.7 Å². The van der Waals surface area contributed by atoms with E-state index in [1.807, 2.05) is 19.1 Å². The molecular weight excluding hydrogens is 262 g/mol. The monoisotopic (exact) mass is 283 g/mol. The van der Waals surface area contributed by atoms with Crippen molar-refractivity contribution in [2.24, 2.45) is 0 Å². The van der Waals surface area contributed by atoms with Crippen molar-refractivity contribution >= 4 is 5.91 Å². The molecule has 3 atom stereocenters. The van der Waals surface area contributed by atoms with Crippen LogP contribution in [0.25, 0.3) is 0 Å². The molecular formula is C14H21NO5. The van der Waals surface area contributed by atoms with Crippen LogP contribution in [0.3, 0.4) is 0 Å². The summed E-state index contributed by atoms with van der Waals surface area (Å²) in [4.78, 5) is 13.6. The zero-order chi connectivity index (χ0) is 14.7. The van der Waals surface area contributed by atoms with Gasteiger partial charge in [-0.2, -0.15) is 0 Å². The topological polar surface area (TPSA) is 83.1 Å². The third-order valence-corrected chi connectivity index (χ3v) is 3.64. The minimum Gasteiger partial charge on any atom is -0.466 e. The zero-order valence-electron chi connectivity index (χ0n) is 11.8. The van der Waals surface area contributed by atoms with Crippen LogP contribution >= 0.6 is 0 Å². The van der Waals surface area contributed by atoms with Crippen molar-refractivity contribution in [2.45, 2.75) is 38.0 Å². The van der Waals surface area contributed by atoms with Crippen molar-refractivity contribution in [1.29, 1.82) is 0 Å². The highest BCUT2D eigenvalue weighted by atomic mass is 16.5. The Morgan fingerprint density at radius 3 is 2.80 bits per heavy atom. The second kappa shape index (κ2) is 6.39. The average molecular weight is 283 g/mol. The van der Waals surface area contributed by atoms with E-state index in [4.69, 9.17) is 9.15 Å². The second-order valence-electron chi connectivity index (χ2n) is 5.18. The van der Waals surface area contributed by atoms with Crippen molar-refractivity contribution in [2.75, 3.05) is 20.3 Å². The Kier molecular flexibility index (Phi) is 4.80. The number of amides is 1. The molecule has 0 spiro atoms. The van der Waals surface area contributed by atoms with Gasteiger partial charge in [-0.05, 0) is 19.1 Å². The third-order valence-electron chi connectivity index (χ3n) is 3.64. The van der Waals surface area contributed by atoms with E-state index in [1.165, 1.54) is 4.90 Å². The fourth-order valence-electron chi connectivity index (χ4n) is 2.31. The predicted octanol–water partition coefficient (Wildman–Crippen LogP) is 0.0996. The molecule has 0 bridgehead atoms. The maximum absolute atomic E-state index is 12.1. The molecule has 0 aliphatic carbocycles. The van der Waals surface area contributed by atoms with E-state index in [9.17, 15) is 15.0 Å². The van der Waals surface area contributed by atoms with E-state index in [0.29, 0.717) is 12.8 Å². The van der Waals surface area contributed by atoms with E-state index < -0.39 is 18.2 Å². The Balaban J connectivity index is 1.88. The molecule has 0 radical (unpaired) electrons. The molecule has 0 saturated carbocycles. The number of carbonyl (C=O) groups is 1. The first-order valence-electron chi connectivity index (χ1n) is 6.74. The Bertz CT molecular complexity index is 458. The molecule has 1 aliphatic rings. The van der Waals surface area contributed by atoms with E-state index in [-0.39, 0.29) is 19.1 Å². The van der Waals surface area contributed by atoms with Crippen LogP contribution < -0.4 is 0 Å². The minimum absolute atomic E-state index is 0.103. The lowest BCUT2D eigenvalue weighted by Crippen LogP contribution is -2.56. The maximum Gasteiger partial charge on any atom is 0.223 e. The molecule has 0 unspecified atom stereocenters. The molecule has 1 aliphatic heterocycles. The highest BCUT2D eigenvalue weighted by Crippen LogP contribution is 2.16. The Hall–Kier alpha value is -1.37. The van der Waals surface area contributed by atoms with Gasteiger partial charge in [-0.25, -0.2) is 0 Å². The number of hydrogen-bond acceptors (Lipinski definition) is 5. The van der Waals surface area contributed by atoms with E-state index in [0.717, 1.165) is 11.5 Å². The maximum atomic E-state index is 12.1. The van der Waals surface area contributed by atoms with Crippen molar-refractivity contribution in [1.82, 2.24) is 4.90 Å². The fourth-order valence-corrected chi connectivity index (χ4v) is 2.31. The summed E-state index contributed by atoms with van der Waals surface area (Å²) >= 11 is 0. The van der Waals surface area contributed by atoms with Crippen LogP contribution in [-0.2, 0) is 16.0 Å². The highest BCUT2D eigenvalue weighted by Gasteiger charge is 2.35. The van der Waals surface area contributed by atoms with E-state index >= 15 is 0 Å². The van der Waals surface area contributed by atoms with Gasteiger partial charge in [0.15, 0.2) is 0 Å². The van der Waals surface area contributed by atoms with Gasteiger partial charge >= 0.3 is 0 Å². The first kappa shape index (κ1) is 15.0. The number of rotatable bonds is 4. The van der Waals surface area contributed by atoms with Gasteiger partial charge in [-0.3, -0.25) is 4.79 Å². The Labute approximate surface area is 117 Å². The molecule has 0 aromatic carbocycles. The predicted molar refractivity (Wildman–Crippen MR) is 71.2 cm³/mol. The molecule has 2 N–H and O–H groups in total. The summed E-state index contributed by atoms with van der Waals surface area (Å²) in [5.41, 5.74) is 0. The van der Waals surface area contributed by atoms with Crippen LogP contribution in [0.4, 0.5) is 0 Å². The van der Waals surface area contributed by atoms with E-state index in [2.05, 4.69) is 0 Å². The summed E-state index contributed by atoms with van der Waals surface area (Å²) in [7, 11) is 1.62. The standard InChI is InChI=1S/C14H21NO5/c1-9-3-4-10(20-9)5-6-13(17)15(2)11-7-19-8-12(16)14(11)18/h3-4,11-12,14,16,18H,5-8H2,1-2H3/t11-,12-,14+/m1/s1. The quantitative estimate of drug-likeness (QED) is 0.819. The molecule has 1 saturated heterocycles. The van der Waals surface area contributed by atoms with Crippen LogP contribution in [0.1, 0.15) is 17.9 Å². The second-order valence-corrected chi connectivity index (χ2v) is 5.18. The first-order valence-corrected chi connectivity index (χ1v) is 6.74. The van der Waals surface area contributed by atoms with Gasteiger partial charge in [0.25, 0.3) is 0 Å². The van der Waals surface area contributed by atoms with Crippen LogP contribution in [0.15, 0.2) is 16.5 Å². The molecule has 2 rings (SSSR count). The number of likely N-dealkylation sites (N-methyl/N-ethyl adjacent to an activating group) is 1. The normalized spacial score (nSPS) is 26.5. The van der Waals surface area contributed by atoms with Crippen molar-refractivity contribution in [3.63, 3.8) is 0 Å². The van der Waals surface area contributed by atoms with Gasteiger partial charge in [0.2, 0.25) is 5.91 Å². The minimum atomic E-state index is -0.969. The molecule has 1 aromatic heterocycles. The largest absolute Gasteiger partial charge is 0.466 e. The summed E-state index contributed by atoms with van der Waals surface area (Å²) < 4.78 is 10.6. The molecule has 1 amide bonds. The molecule has 20 heavy (non-hydrogen) atoms. The fraction of sp³-hybridized carbons (Fsp3) is 0.643. The zero-order valence-corrected chi connectivity index (χ0v) is 11.8. The summed E-state index contributed by atoms with van der Waals surface area (Å²) in [6, 6.07) is 3.20. The number of hydrogen-bond donors (Lipinski definition) is 2. The van der Waals surface area contributed by atoms with Gasteiger partial charge < -0.3 is 24.3 Å². The van der Waals surface area contributed by atoms with Crippen molar-refractivity contribution in [3.05, 3.63) is 23.7 Å². The number of aryl methyl sites for hydroxylation is 2. The van der Waals surface area contributed by atoms with Crippen molar-refractivity contribution < 1.29 is 24.2 Å². The molecule has 1 fully saturated rings. The van der Waals surface area contributed by atoms with Gasteiger partial charge in [0, 0.05) is 19.9 Å². The van der Waals surface area contributed by atoms with Gasteiger partial charge in [-0.1, -0.05) is 0 Å². The number of carbonyl (C=O) groups excluding carboxylic acids is 1. The number of aliphatic hydroxyl groups excluding tert-OH is 2. The smallest absolute Gasteiger partial charge is 0.223 e. The number of ether oxygens (including phenoxy) is 1. The van der Waals surface area contributed by atoms with Crippen LogP contribution in [-0.4, -0.2) is 59.5 Å². The van der Waals surface area contributed by atoms with Crippen LogP contribution in [0.2, 0.25) is 0 Å². The third kappa shape index (κ3) is 3.39. The highest BCUT2D eigenvalue weighted by molar-refractivity contribution is 5.76. The molecule has 112 valence electrons.